The Balaban J connectivity index is 2.58. The van der Waals surface area contributed by atoms with Crippen molar-refractivity contribution in [2.75, 3.05) is 26.2 Å². The number of nitrogens with zero attached hydrogens (tertiary/aromatic N) is 2. The summed E-state index contributed by atoms with van der Waals surface area (Å²) >= 11 is 0. The second kappa shape index (κ2) is 4.38. The lowest BCUT2D eigenvalue weighted by Gasteiger charge is -2.39. The number of likely N-dealkylation sites (N-methyl/N-ethyl adjacent to an activating group) is 1. The highest BCUT2D eigenvalue weighted by molar-refractivity contribution is 5.82. The molecule has 1 atom stereocenters. The normalized spacial score (nSPS) is 24.3. The third-order valence-corrected chi connectivity index (χ3v) is 2.70. The van der Waals surface area contributed by atoms with E-state index in [-0.39, 0.29) is 19.1 Å². The molecule has 0 aromatic heterocycles. The number of hydrogen-bond donors (Lipinski definition) is 0. The van der Waals surface area contributed by atoms with E-state index in [0.29, 0.717) is 6.54 Å². The van der Waals surface area contributed by atoms with E-state index in [0.717, 1.165) is 11.4 Å². The quantitative estimate of drug-likeness (QED) is 0.666. The van der Waals surface area contributed by atoms with E-state index in [4.69, 9.17) is 0 Å². The summed E-state index contributed by atoms with van der Waals surface area (Å²) in [5, 5.41) is 0. The van der Waals surface area contributed by atoms with Gasteiger partial charge in [-0.05, 0) is 13.5 Å². The molecule has 6 heteroatoms. The Labute approximate surface area is 86.8 Å². The number of piperazine rings is 1. The average molecular weight is 224 g/mol. The summed E-state index contributed by atoms with van der Waals surface area (Å²) in [7, 11) is 0. The highest BCUT2D eigenvalue weighted by Crippen LogP contribution is 2.20. The minimum Gasteiger partial charge on any atom is -0.332 e. The van der Waals surface area contributed by atoms with Crippen LogP contribution in [0.1, 0.15) is 13.8 Å². The van der Waals surface area contributed by atoms with Gasteiger partial charge in [-0.2, -0.15) is 13.2 Å². The van der Waals surface area contributed by atoms with Crippen LogP contribution in [0.2, 0.25) is 0 Å². The molecular formula is C9H15F3N2O. The maximum atomic E-state index is 12.1. The van der Waals surface area contributed by atoms with Crippen LogP contribution in [0, 0.1) is 0 Å². The van der Waals surface area contributed by atoms with Crippen LogP contribution < -0.4 is 0 Å². The summed E-state index contributed by atoms with van der Waals surface area (Å²) in [6, 6.07) is -0.00458. The van der Waals surface area contributed by atoms with Gasteiger partial charge in [0, 0.05) is 25.7 Å². The van der Waals surface area contributed by atoms with Crippen molar-refractivity contribution in [2.24, 2.45) is 0 Å². The van der Waals surface area contributed by atoms with Crippen molar-refractivity contribution >= 4 is 5.91 Å². The number of halogens is 3. The van der Waals surface area contributed by atoms with Crippen LogP contribution in [0.25, 0.3) is 0 Å². The SMILES string of the molecule is CCN1CCN(C(=O)C(F)(F)F)CC1C. The lowest BCUT2D eigenvalue weighted by atomic mass is 10.2. The Morgan fingerprint density at radius 3 is 2.40 bits per heavy atom. The van der Waals surface area contributed by atoms with Crippen LogP contribution in [-0.4, -0.2) is 54.1 Å². The van der Waals surface area contributed by atoms with Crippen LogP contribution in [0.5, 0.6) is 0 Å². The first kappa shape index (κ1) is 12.3. The molecule has 0 aromatic carbocycles. The third kappa shape index (κ3) is 2.84. The first-order valence-electron chi connectivity index (χ1n) is 4.96. The number of carbonyl (C=O) groups is 1. The molecule has 1 saturated heterocycles. The van der Waals surface area contributed by atoms with Crippen molar-refractivity contribution in [1.82, 2.24) is 9.80 Å². The van der Waals surface area contributed by atoms with E-state index in [1.165, 1.54) is 0 Å². The molecule has 1 amide bonds. The summed E-state index contributed by atoms with van der Waals surface area (Å²) in [5.74, 6) is -1.72. The third-order valence-electron chi connectivity index (χ3n) is 2.70. The van der Waals surface area contributed by atoms with E-state index in [1.807, 2.05) is 13.8 Å². The van der Waals surface area contributed by atoms with Gasteiger partial charge in [-0.1, -0.05) is 6.92 Å². The molecule has 0 N–H and O–H groups in total. The summed E-state index contributed by atoms with van der Waals surface area (Å²) in [4.78, 5) is 13.9. The lowest BCUT2D eigenvalue weighted by molar-refractivity contribution is -0.187. The highest BCUT2D eigenvalue weighted by Gasteiger charge is 2.43. The van der Waals surface area contributed by atoms with Crippen LogP contribution >= 0.6 is 0 Å². The Kier molecular flexibility index (Phi) is 3.59. The maximum Gasteiger partial charge on any atom is 0.471 e. The first-order chi connectivity index (χ1) is 6.86. The topological polar surface area (TPSA) is 23.6 Å². The Bertz CT molecular complexity index is 242. The monoisotopic (exact) mass is 224 g/mol. The molecule has 0 bridgehead atoms. The van der Waals surface area contributed by atoms with E-state index < -0.39 is 12.1 Å². The second-order valence-electron chi connectivity index (χ2n) is 3.73. The summed E-state index contributed by atoms with van der Waals surface area (Å²) in [6.45, 7) is 5.43. The number of amides is 1. The predicted octanol–water partition coefficient (Wildman–Crippen LogP) is 1.10. The Morgan fingerprint density at radius 2 is 2.00 bits per heavy atom. The van der Waals surface area contributed by atoms with Crippen molar-refractivity contribution in [3.63, 3.8) is 0 Å². The lowest BCUT2D eigenvalue weighted by Crippen LogP contribution is -2.56. The van der Waals surface area contributed by atoms with E-state index >= 15 is 0 Å². The fraction of sp³-hybridized carbons (Fsp3) is 0.889. The molecule has 0 spiro atoms. The molecule has 1 rings (SSSR count). The van der Waals surface area contributed by atoms with E-state index in [2.05, 4.69) is 4.90 Å². The molecule has 15 heavy (non-hydrogen) atoms. The zero-order chi connectivity index (χ0) is 11.6. The molecule has 0 aromatic rings. The number of carbonyl (C=O) groups excluding carboxylic acids is 1. The van der Waals surface area contributed by atoms with Crippen molar-refractivity contribution in [3.05, 3.63) is 0 Å². The zero-order valence-corrected chi connectivity index (χ0v) is 8.84. The maximum absolute atomic E-state index is 12.1. The number of hydrogen-bond acceptors (Lipinski definition) is 2. The van der Waals surface area contributed by atoms with Gasteiger partial charge >= 0.3 is 12.1 Å². The summed E-state index contributed by atoms with van der Waals surface area (Å²) < 4.78 is 36.4. The van der Waals surface area contributed by atoms with Gasteiger partial charge < -0.3 is 4.90 Å². The average Bonchev–Trinajstić information content (AvgIpc) is 2.15. The van der Waals surface area contributed by atoms with Crippen molar-refractivity contribution < 1.29 is 18.0 Å². The molecule has 88 valence electrons. The van der Waals surface area contributed by atoms with Gasteiger partial charge in [-0.3, -0.25) is 9.69 Å². The van der Waals surface area contributed by atoms with Gasteiger partial charge in [0.15, 0.2) is 0 Å². The van der Waals surface area contributed by atoms with Crippen molar-refractivity contribution in [3.8, 4) is 0 Å². The second-order valence-corrected chi connectivity index (χ2v) is 3.73. The molecular weight excluding hydrogens is 209 g/mol. The molecule has 3 nitrogen and oxygen atoms in total. The van der Waals surface area contributed by atoms with Gasteiger partial charge in [-0.25, -0.2) is 0 Å². The van der Waals surface area contributed by atoms with Gasteiger partial charge in [-0.15, -0.1) is 0 Å². The fourth-order valence-corrected chi connectivity index (χ4v) is 1.83. The Hall–Kier alpha value is -0.780. The van der Waals surface area contributed by atoms with Crippen LogP contribution in [-0.2, 0) is 4.79 Å². The summed E-state index contributed by atoms with van der Waals surface area (Å²) in [6.07, 6.45) is -4.74. The van der Waals surface area contributed by atoms with Crippen molar-refractivity contribution in [1.29, 1.82) is 0 Å². The molecule has 1 fully saturated rings. The molecule has 0 saturated carbocycles. The van der Waals surface area contributed by atoms with E-state index in [9.17, 15) is 18.0 Å². The Morgan fingerprint density at radius 1 is 1.40 bits per heavy atom. The molecule has 0 radical (unpaired) electrons. The predicted molar refractivity (Wildman–Crippen MR) is 49.3 cm³/mol. The van der Waals surface area contributed by atoms with Gasteiger partial charge in [0.2, 0.25) is 0 Å². The molecule has 1 aliphatic rings. The van der Waals surface area contributed by atoms with Crippen LogP contribution in [0.3, 0.4) is 0 Å². The smallest absolute Gasteiger partial charge is 0.332 e. The van der Waals surface area contributed by atoms with Crippen LogP contribution in [0.4, 0.5) is 13.2 Å². The zero-order valence-electron chi connectivity index (χ0n) is 8.84. The fourth-order valence-electron chi connectivity index (χ4n) is 1.83. The van der Waals surface area contributed by atoms with Crippen molar-refractivity contribution in [2.45, 2.75) is 26.1 Å². The number of alkyl halides is 3. The first-order valence-corrected chi connectivity index (χ1v) is 4.96. The highest BCUT2D eigenvalue weighted by atomic mass is 19.4. The van der Waals surface area contributed by atoms with Crippen LogP contribution in [0.15, 0.2) is 0 Å². The summed E-state index contributed by atoms with van der Waals surface area (Å²) in [5.41, 5.74) is 0. The van der Waals surface area contributed by atoms with Gasteiger partial charge in [0.25, 0.3) is 0 Å². The molecule has 1 unspecified atom stereocenters. The minimum atomic E-state index is -4.74. The van der Waals surface area contributed by atoms with Gasteiger partial charge in [0.05, 0.1) is 0 Å². The standard InChI is InChI=1S/C9H15F3N2O/c1-3-13-4-5-14(6-7(13)2)8(15)9(10,11)12/h7H,3-6H2,1-2H3. The van der Waals surface area contributed by atoms with Gasteiger partial charge in [0.1, 0.15) is 0 Å². The molecule has 1 aliphatic heterocycles. The van der Waals surface area contributed by atoms with E-state index in [1.54, 1.807) is 0 Å². The molecule has 1 heterocycles. The largest absolute Gasteiger partial charge is 0.471 e. The minimum absolute atomic E-state index is 0.00458. The molecule has 0 aliphatic carbocycles. The number of rotatable bonds is 1.